The quantitative estimate of drug-likeness (QED) is 0.551. The van der Waals surface area contributed by atoms with Crippen LogP contribution in [0.25, 0.3) is 10.9 Å². The maximum atomic E-state index is 9.25. The van der Waals surface area contributed by atoms with Crippen molar-refractivity contribution in [1.82, 2.24) is 25.2 Å². The second-order valence-electron chi connectivity index (χ2n) is 10.3. The van der Waals surface area contributed by atoms with E-state index in [1.807, 2.05) is 12.3 Å². The van der Waals surface area contributed by atoms with E-state index in [9.17, 15) is 5.26 Å². The van der Waals surface area contributed by atoms with Gasteiger partial charge in [-0.25, -0.2) is 0 Å². The van der Waals surface area contributed by atoms with Gasteiger partial charge in [-0.2, -0.15) is 15.2 Å². The van der Waals surface area contributed by atoms with E-state index >= 15 is 0 Å². The van der Waals surface area contributed by atoms with Crippen LogP contribution in [0.5, 0.6) is 6.01 Å². The van der Waals surface area contributed by atoms with Crippen molar-refractivity contribution in [2.75, 3.05) is 56.2 Å². The van der Waals surface area contributed by atoms with Crippen LogP contribution >= 0.6 is 0 Å². The van der Waals surface area contributed by atoms with Crippen LogP contribution in [0.15, 0.2) is 36.5 Å². The molecule has 0 amide bonds. The van der Waals surface area contributed by atoms with E-state index < -0.39 is 0 Å². The molecular weight excluding hydrogens is 464 g/mol. The van der Waals surface area contributed by atoms with E-state index in [0.29, 0.717) is 31.6 Å². The van der Waals surface area contributed by atoms with Gasteiger partial charge in [-0.3, -0.25) is 4.98 Å². The second-order valence-corrected chi connectivity index (χ2v) is 10.3. The van der Waals surface area contributed by atoms with Gasteiger partial charge >= 0.3 is 6.01 Å². The molecule has 2 atom stereocenters. The number of fused-ring (bicyclic) bond motifs is 2. The first-order valence-electron chi connectivity index (χ1n) is 13.4. The molecule has 0 spiro atoms. The van der Waals surface area contributed by atoms with Crippen LogP contribution in [0.2, 0.25) is 0 Å². The van der Waals surface area contributed by atoms with Gasteiger partial charge in [0.25, 0.3) is 0 Å². The highest BCUT2D eigenvalue weighted by molar-refractivity contribution is 5.91. The summed E-state index contributed by atoms with van der Waals surface area (Å²) in [6.07, 6.45) is 5.54. The molecule has 37 heavy (non-hydrogen) atoms. The molecule has 192 valence electrons. The largest absolute Gasteiger partial charge is 0.462 e. The predicted octanol–water partition coefficient (Wildman–Crippen LogP) is 2.75. The zero-order valence-corrected chi connectivity index (χ0v) is 21.4. The molecule has 1 aromatic carbocycles. The highest BCUT2D eigenvalue weighted by atomic mass is 16.5. The molecule has 2 aromatic heterocycles. The van der Waals surface area contributed by atoms with Gasteiger partial charge in [0.15, 0.2) is 0 Å². The highest BCUT2D eigenvalue weighted by Crippen LogP contribution is 2.34. The van der Waals surface area contributed by atoms with Gasteiger partial charge in [0.05, 0.1) is 30.2 Å². The molecule has 0 radical (unpaired) electrons. The summed E-state index contributed by atoms with van der Waals surface area (Å²) in [6, 6.07) is 13.8. The number of nitrogens with zero attached hydrogens (tertiary/aromatic N) is 7. The number of likely N-dealkylation sites (tertiary alicyclic amines) is 1. The third-order valence-electron chi connectivity index (χ3n) is 7.96. The lowest BCUT2D eigenvalue weighted by Gasteiger charge is -2.37. The van der Waals surface area contributed by atoms with Crippen molar-refractivity contribution in [2.45, 2.75) is 44.3 Å². The molecule has 6 rings (SSSR count). The Kier molecular flexibility index (Phi) is 6.77. The predicted molar refractivity (Wildman–Crippen MR) is 144 cm³/mol. The lowest BCUT2D eigenvalue weighted by molar-refractivity contribution is 0.187. The number of ether oxygens (including phenoxy) is 1. The first kappa shape index (κ1) is 23.9. The van der Waals surface area contributed by atoms with Crippen molar-refractivity contribution in [3.05, 3.63) is 47.8 Å². The number of nitrogens with one attached hydrogen (secondary N) is 1. The van der Waals surface area contributed by atoms with Gasteiger partial charge < -0.3 is 24.8 Å². The van der Waals surface area contributed by atoms with Crippen molar-refractivity contribution >= 4 is 22.4 Å². The highest BCUT2D eigenvalue weighted by Gasteiger charge is 2.29. The minimum atomic E-state index is 0.143. The van der Waals surface area contributed by atoms with E-state index in [-0.39, 0.29) is 6.04 Å². The average Bonchev–Trinajstić information content (AvgIpc) is 3.35. The minimum absolute atomic E-state index is 0.143. The van der Waals surface area contributed by atoms with Crippen LogP contribution < -0.4 is 19.9 Å². The van der Waals surface area contributed by atoms with Crippen LogP contribution in [0.1, 0.15) is 30.5 Å². The fraction of sp³-hybridized carbons (Fsp3) is 0.500. The van der Waals surface area contributed by atoms with Crippen molar-refractivity contribution in [3.8, 4) is 12.1 Å². The van der Waals surface area contributed by atoms with E-state index in [2.05, 4.69) is 62.4 Å². The summed E-state index contributed by atoms with van der Waals surface area (Å²) in [5.41, 5.74) is 4.42. The van der Waals surface area contributed by atoms with Crippen molar-refractivity contribution in [1.29, 1.82) is 5.26 Å². The molecule has 3 aromatic rings. The Hall–Kier alpha value is -3.48. The molecule has 3 aliphatic heterocycles. The number of piperazine rings is 1. The SMILES string of the molecule is CN1CCCC1COc1nc2c(c(N3CCNC(CC#N)C3)n1)CCN(c1cccc3ncccc13)C2. The average molecular weight is 499 g/mol. The molecule has 5 heterocycles. The molecule has 9 nitrogen and oxygen atoms in total. The Morgan fingerprint density at radius 2 is 2.08 bits per heavy atom. The van der Waals surface area contributed by atoms with Gasteiger partial charge in [0.1, 0.15) is 12.4 Å². The lowest BCUT2D eigenvalue weighted by atomic mass is 10.0. The smallest absolute Gasteiger partial charge is 0.318 e. The Bertz CT molecular complexity index is 1300. The molecule has 0 saturated carbocycles. The van der Waals surface area contributed by atoms with E-state index in [0.717, 1.165) is 68.0 Å². The normalized spacial score (nSPS) is 22.2. The van der Waals surface area contributed by atoms with Gasteiger partial charge in [0, 0.05) is 61.1 Å². The molecule has 9 heteroatoms. The van der Waals surface area contributed by atoms with Crippen LogP contribution in [0, 0.1) is 11.3 Å². The van der Waals surface area contributed by atoms with E-state index in [1.54, 1.807) is 0 Å². The third kappa shape index (κ3) is 4.91. The Morgan fingerprint density at radius 3 is 2.95 bits per heavy atom. The lowest BCUT2D eigenvalue weighted by Crippen LogP contribution is -2.51. The number of anilines is 2. The molecule has 0 bridgehead atoms. The number of nitriles is 1. The number of aromatic nitrogens is 3. The monoisotopic (exact) mass is 498 g/mol. The summed E-state index contributed by atoms with van der Waals surface area (Å²) in [7, 11) is 2.16. The second kappa shape index (κ2) is 10.5. The molecule has 2 unspecified atom stereocenters. The zero-order chi connectivity index (χ0) is 25.2. The summed E-state index contributed by atoms with van der Waals surface area (Å²) in [4.78, 5) is 21.6. The molecule has 1 N–H and O–H groups in total. The maximum absolute atomic E-state index is 9.25. The number of likely N-dealkylation sites (N-methyl/N-ethyl adjacent to an activating group) is 1. The van der Waals surface area contributed by atoms with Crippen molar-refractivity contribution < 1.29 is 4.74 Å². The topological polar surface area (TPSA) is 93.4 Å². The first-order chi connectivity index (χ1) is 18.2. The summed E-state index contributed by atoms with van der Waals surface area (Å²) < 4.78 is 6.26. The van der Waals surface area contributed by atoms with Crippen molar-refractivity contribution in [2.24, 2.45) is 0 Å². The Balaban J connectivity index is 1.32. The number of pyridine rings is 1. The molecular formula is C28H34N8O. The maximum Gasteiger partial charge on any atom is 0.318 e. The molecule has 0 aliphatic carbocycles. The van der Waals surface area contributed by atoms with Gasteiger partial charge in [-0.15, -0.1) is 0 Å². The van der Waals surface area contributed by atoms with E-state index in [1.165, 1.54) is 17.7 Å². The van der Waals surface area contributed by atoms with Crippen LogP contribution in [0.3, 0.4) is 0 Å². The summed E-state index contributed by atoms with van der Waals surface area (Å²) in [5.74, 6) is 0.975. The minimum Gasteiger partial charge on any atom is -0.462 e. The van der Waals surface area contributed by atoms with E-state index in [4.69, 9.17) is 14.7 Å². The summed E-state index contributed by atoms with van der Waals surface area (Å²) >= 11 is 0. The number of benzene rings is 1. The molecule has 3 aliphatic rings. The van der Waals surface area contributed by atoms with Gasteiger partial charge in [0.2, 0.25) is 0 Å². The fourth-order valence-electron chi connectivity index (χ4n) is 5.91. The Labute approximate surface area is 218 Å². The van der Waals surface area contributed by atoms with Crippen LogP contribution in [-0.2, 0) is 13.0 Å². The first-order valence-corrected chi connectivity index (χ1v) is 13.4. The van der Waals surface area contributed by atoms with Crippen molar-refractivity contribution in [3.63, 3.8) is 0 Å². The summed E-state index contributed by atoms with van der Waals surface area (Å²) in [6.45, 7) is 5.76. The van der Waals surface area contributed by atoms with Crippen LogP contribution in [0.4, 0.5) is 11.5 Å². The fourth-order valence-corrected chi connectivity index (χ4v) is 5.91. The Morgan fingerprint density at radius 1 is 1.14 bits per heavy atom. The molecule has 2 fully saturated rings. The third-order valence-corrected chi connectivity index (χ3v) is 7.96. The number of hydrogen-bond donors (Lipinski definition) is 1. The summed E-state index contributed by atoms with van der Waals surface area (Å²) in [5, 5.41) is 13.9. The van der Waals surface area contributed by atoms with Gasteiger partial charge in [-0.1, -0.05) is 6.07 Å². The molecule has 2 saturated heterocycles. The standard InChI is InChI=1S/C28H34N8O/c1-34-14-4-5-21(34)19-37-28-32-25-18-35(26-8-2-7-24-22(26)6-3-12-31-24)15-10-23(25)27(33-28)36-16-13-30-20(17-36)9-11-29/h2-3,6-8,12,20-21,30H,4-5,9-10,13-19H2,1H3. The number of hydrogen-bond acceptors (Lipinski definition) is 9. The van der Waals surface area contributed by atoms with Gasteiger partial charge in [-0.05, 0) is 57.1 Å². The van der Waals surface area contributed by atoms with Crippen LogP contribution in [-0.4, -0.2) is 78.3 Å². The number of rotatable bonds is 6. The zero-order valence-electron chi connectivity index (χ0n) is 21.4.